The number of nitrogens with one attached hydrogen (secondary N) is 1. The van der Waals surface area contributed by atoms with Gasteiger partial charge in [0.05, 0.1) is 6.10 Å². The second-order valence-corrected chi connectivity index (χ2v) is 8.24. The molecule has 3 aliphatic rings. The quantitative estimate of drug-likeness (QED) is 0.392. The lowest BCUT2D eigenvalue weighted by Gasteiger charge is -2.33. The maximum Gasteiger partial charge on any atom is 0.193 e. The van der Waals surface area contributed by atoms with Gasteiger partial charge in [0, 0.05) is 39.2 Å². The molecular weight excluding hydrogens is 449 g/mol. The Kier molecular flexibility index (Phi) is 7.82. The van der Waals surface area contributed by atoms with E-state index in [1.807, 2.05) is 7.05 Å². The Morgan fingerprint density at radius 1 is 1.07 bits per heavy atom. The van der Waals surface area contributed by atoms with Gasteiger partial charge in [-0.3, -0.25) is 4.99 Å². The van der Waals surface area contributed by atoms with E-state index >= 15 is 0 Å². The van der Waals surface area contributed by atoms with E-state index in [1.54, 1.807) is 0 Å². The lowest BCUT2D eigenvalue weighted by atomic mass is 9.82. The highest BCUT2D eigenvalue weighted by Gasteiger charge is 2.36. The summed E-state index contributed by atoms with van der Waals surface area (Å²) in [5, 5.41) is 3.69. The topological polar surface area (TPSA) is 36.9 Å². The highest BCUT2D eigenvalue weighted by molar-refractivity contribution is 14.0. The summed E-state index contributed by atoms with van der Waals surface area (Å²) in [6.45, 7) is 4.19. The second-order valence-electron chi connectivity index (χ2n) is 8.24. The van der Waals surface area contributed by atoms with Crippen LogP contribution in [0.15, 0.2) is 35.3 Å². The van der Waals surface area contributed by atoms with Gasteiger partial charge in [-0.05, 0) is 43.1 Å². The Labute approximate surface area is 181 Å². The molecule has 0 spiro atoms. The zero-order valence-corrected chi connectivity index (χ0v) is 18.8. The van der Waals surface area contributed by atoms with Crippen molar-refractivity contribution < 1.29 is 4.74 Å². The average molecular weight is 483 g/mol. The molecule has 150 valence electrons. The zero-order chi connectivity index (χ0) is 17.8. The summed E-state index contributed by atoms with van der Waals surface area (Å²) >= 11 is 0. The van der Waals surface area contributed by atoms with Gasteiger partial charge in [-0.25, -0.2) is 0 Å². The van der Waals surface area contributed by atoms with Gasteiger partial charge in [-0.15, -0.1) is 24.0 Å². The number of fused-ring (bicyclic) bond motifs is 1. The minimum atomic E-state index is 0. The van der Waals surface area contributed by atoms with Crippen LogP contribution >= 0.6 is 24.0 Å². The number of aliphatic imine (C=N–C) groups is 1. The molecule has 4 atom stereocenters. The first-order chi connectivity index (χ1) is 12.8. The van der Waals surface area contributed by atoms with E-state index in [0.29, 0.717) is 5.92 Å². The summed E-state index contributed by atoms with van der Waals surface area (Å²) in [5.74, 6) is 3.37. The average Bonchev–Trinajstić information content (AvgIpc) is 3.13. The first-order valence-electron chi connectivity index (χ1n) is 10.5. The van der Waals surface area contributed by atoms with Crippen LogP contribution in [0, 0.1) is 17.8 Å². The molecule has 1 saturated carbocycles. The fourth-order valence-electron chi connectivity index (χ4n) is 5.20. The van der Waals surface area contributed by atoms with E-state index < -0.39 is 0 Å². The summed E-state index contributed by atoms with van der Waals surface area (Å²) in [6, 6.07) is 10.7. The fraction of sp³-hybridized carbons (Fsp3) is 0.682. The number of guanidine groups is 1. The van der Waals surface area contributed by atoms with Crippen molar-refractivity contribution in [2.45, 2.75) is 44.6 Å². The number of hydrogen-bond donors (Lipinski definition) is 1. The maximum atomic E-state index is 6.15. The standard InChI is InChI=1S/C22H33N3O.HI/c1-23-22(25-15-19-10-5-6-11-20(19)16-25)24-14-18-12-7-13-26-21(18)17-8-3-2-4-9-17;/h2-4,8-9,18-21H,5-7,10-16H2,1H3,(H,23,24);1H. The van der Waals surface area contributed by atoms with Gasteiger partial charge in [-0.2, -0.15) is 0 Å². The Morgan fingerprint density at radius 3 is 2.44 bits per heavy atom. The molecule has 2 saturated heterocycles. The van der Waals surface area contributed by atoms with Crippen molar-refractivity contribution in [2.75, 3.05) is 33.3 Å². The van der Waals surface area contributed by atoms with E-state index in [4.69, 9.17) is 4.74 Å². The Balaban J connectivity index is 0.00000210. The summed E-state index contributed by atoms with van der Waals surface area (Å²) in [5.41, 5.74) is 1.31. The van der Waals surface area contributed by atoms with Gasteiger partial charge in [0.15, 0.2) is 5.96 Å². The van der Waals surface area contributed by atoms with Crippen LogP contribution in [-0.2, 0) is 4.74 Å². The second kappa shape index (κ2) is 10.1. The van der Waals surface area contributed by atoms with Gasteiger partial charge in [-0.1, -0.05) is 43.2 Å². The Hall–Kier alpha value is -0.820. The van der Waals surface area contributed by atoms with Crippen LogP contribution in [0.25, 0.3) is 0 Å². The molecule has 4 unspecified atom stereocenters. The minimum absolute atomic E-state index is 0. The molecule has 1 N–H and O–H groups in total. The zero-order valence-electron chi connectivity index (χ0n) is 16.5. The number of ether oxygens (including phenoxy) is 1. The first kappa shape index (κ1) is 20.9. The van der Waals surface area contributed by atoms with Crippen molar-refractivity contribution in [3.63, 3.8) is 0 Å². The SMILES string of the molecule is CN=C(NCC1CCCOC1c1ccccc1)N1CC2CCCCC2C1.I. The molecule has 1 aromatic carbocycles. The number of rotatable bonds is 3. The monoisotopic (exact) mass is 483 g/mol. The van der Waals surface area contributed by atoms with Crippen LogP contribution in [0.5, 0.6) is 0 Å². The Morgan fingerprint density at radius 2 is 1.78 bits per heavy atom. The molecule has 0 radical (unpaired) electrons. The molecule has 4 rings (SSSR count). The van der Waals surface area contributed by atoms with E-state index in [2.05, 4.69) is 45.5 Å². The lowest BCUT2D eigenvalue weighted by Crippen LogP contribution is -2.43. The predicted octanol–water partition coefficient (Wildman–Crippen LogP) is 4.47. The lowest BCUT2D eigenvalue weighted by molar-refractivity contribution is -0.0266. The van der Waals surface area contributed by atoms with Crippen LogP contribution in [-0.4, -0.2) is 44.1 Å². The molecule has 5 heteroatoms. The van der Waals surface area contributed by atoms with Gasteiger partial charge < -0.3 is 15.0 Å². The molecule has 0 amide bonds. The van der Waals surface area contributed by atoms with Gasteiger partial charge in [0.1, 0.15) is 0 Å². The van der Waals surface area contributed by atoms with Crippen molar-refractivity contribution in [1.29, 1.82) is 0 Å². The van der Waals surface area contributed by atoms with Crippen molar-refractivity contribution >= 4 is 29.9 Å². The molecular formula is C22H34IN3O. The third-order valence-electron chi connectivity index (χ3n) is 6.58. The maximum absolute atomic E-state index is 6.15. The van der Waals surface area contributed by atoms with Gasteiger partial charge in [0.2, 0.25) is 0 Å². The molecule has 27 heavy (non-hydrogen) atoms. The number of nitrogens with zero attached hydrogens (tertiary/aromatic N) is 2. The van der Waals surface area contributed by atoms with Crippen LogP contribution < -0.4 is 5.32 Å². The number of likely N-dealkylation sites (tertiary alicyclic amines) is 1. The molecule has 1 aromatic rings. The molecule has 2 aliphatic heterocycles. The normalized spacial score (nSPS) is 31.1. The van der Waals surface area contributed by atoms with Crippen LogP contribution in [0.1, 0.15) is 50.2 Å². The summed E-state index contributed by atoms with van der Waals surface area (Å²) in [4.78, 5) is 7.10. The highest BCUT2D eigenvalue weighted by Crippen LogP contribution is 2.36. The van der Waals surface area contributed by atoms with Crippen LogP contribution in [0.4, 0.5) is 0 Å². The number of benzene rings is 1. The molecule has 0 bridgehead atoms. The van der Waals surface area contributed by atoms with E-state index in [0.717, 1.165) is 37.4 Å². The highest BCUT2D eigenvalue weighted by atomic mass is 127. The first-order valence-corrected chi connectivity index (χ1v) is 10.5. The van der Waals surface area contributed by atoms with Crippen LogP contribution in [0.3, 0.4) is 0 Å². The third kappa shape index (κ3) is 4.97. The molecule has 1 aliphatic carbocycles. The van der Waals surface area contributed by atoms with E-state index in [-0.39, 0.29) is 30.1 Å². The summed E-state index contributed by atoms with van der Waals surface area (Å²) < 4.78 is 6.15. The van der Waals surface area contributed by atoms with E-state index in [1.165, 1.54) is 50.8 Å². The summed E-state index contributed by atoms with van der Waals surface area (Å²) in [6.07, 6.45) is 8.22. The molecule has 0 aromatic heterocycles. The fourth-order valence-corrected chi connectivity index (χ4v) is 5.20. The van der Waals surface area contributed by atoms with Crippen molar-refractivity contribution in [3.05, 3.63) is 35.9 Å². The molecule has 4 nitrogen and oxygen atoms in total. The third-order valence-corrected chi connectivity index (χ3v) is 6.58. The van der Waals surface area contributed by atoms with Gasteiger partial charge in [0.25, 0.3) is 0 Å². The number of hydrogen-bond acceptors (Lipinski definition) is 2. The molecule has 2 heterocycles. The van der Waals surface area contributed by atoms with Crippen LogP contribution in [0.2, 0.25) is 0 Å². The summed E-state index contributed by atoms with van der Waals surface area (Å²) in [7, 11) is 1.93. The smallest absolute Gasteiger partial charge is 0.193 e. The predicted molar refractivity (Wildman–Crippen MR) is 122 cm³/mol. The van der Waals surface area contributed by atoms with Crippen molar-refractivity contribution in [3.8, 4) is 0 Å². The number of halogens is 1. The Bertz CT molecular complexity index is 595. The van der Waals surface area contributed by atoms with Crippen molar-refractivity contribution in [1.82, 2.24) is 10.2 Å². The van der Waals surface area contributed by atoms with Gasteiger partial charge >= 0.3 is 0 Å². The van der Waals surface area contributed by atoms with E-state index in [9.17, 15) is 0 Å². The molecule has 3 fully saturated rings. The van der Waals surface area contributed by atoms with Crippen molar-refractivity contribution in [2.24, 2.45) is 22.7 Å². The largest absolute Gasteiger partial charge is 0.373 e. The minimum Gasteiger partial charge on any atom is -0.373 e.